The first-order valence-electron chi connectivity index (χ1n) is 16.3. The molecule has 0 spiro atoms. The summed E-state index contributed by atoms with van der Waals surface area (Å²) in [7, 11) is 0. The van der Waals surface area contributed by atoms with Crippen LogP contribution in [0.1, 0.15) is 22.8 Å². The van der Waals surface area contributed by atoms with Gasteiger partial charge in [-0.3, -0.25) is 14.4 Å². The Hall–Kier alpha value is -6.03. The molecule has 0 bridgehead atoms. The second kappa shape index (κ2) is 15.2. The van der Waals surface area contributed by atoms with Gasteiger partial charge >= 0.3 is 0 Å². The van der Waals surface area contributed by atoms with Gasteiger partial charge in [-0.1, -0.05) is 97.1 Å². The van der Waals surface area contributed by atoms with E-state index in [1.54, 1.807) is 42.5 Å². The summed E-state index contributed by atoms with van der Waals surface area (Å²) in [5, 5.41) is 15.0. The topological polar surface area (TPSA) is 100 Å². The highest BCUT2D eigenvalue weighted by atomic mass is 32.2. The molecule has 6 aromatic carbocycles. The number of anilines is 2. The zero-order valence-electron chi connectivity index (χ0n) is 27.5. The van der Waals surface area contributed by atoms with Crippen LogP contribution in [-0.4, -0.2) is 28.0 Å². The predicted octanol–water partition coefficient (Wildman–Crippen LogP) is 9.65. The van der Waals surface area contributed by atoms with Crippen LogP contribution in [0.25, 0.3) is 38.9 Å². The highest BCUT2D eigenvalue weighted by Gasteiger charge is 2.18. The first-order chi connectivity index (χ1) is 24.9. The number of hydrogen-bond acceptors (Lipinski definition) is 6. The fourth-order valence-electron chi connectivity index (χ4n) is 5.57. The van der Waals surface area contributed by atoms with Crippen molar-refractivity contribution >= 4 is 79.3 Å². The third-order valence-corrected chi connectivity index (χ3v) is 10.1. The minimum absolute atomic E-state index is 0.106. The molecule has 0 aliphatic rings. The lowest BCUT2D eigenvalue weighted by Gasteiger charge is -2.13. The molecule has 1 atom stereocenters. The summed E-state index contributed by atoms with van der Waals surface area (Å²) in [5.41, 5.74) is 3.70. The van der Waals surface area contributed by atoms with Crippen LogP contribution in [0.3, 0.4) is 0 Å². The highest BCUT2D eigenvalue weighted by Crippen LogP contribution is 2.30. The monoisotopic (exact) mass is 704 g/mol. The van der Waals surface area contributed by atoms with Gasteiger partial charge in [0.1, 0.15) is 5.70 Å². The lowest BCUT2D eigenvalue weighted by Crippen LogP contribution is -2.30. The van der Waals surface area contributed by atoms with Crippen LogP contribution in [0.2, 0.25) is 0 Å². The largest absolute Gasteiger partial charge is 0.321 e. The van der Waals surface area contributed by atoms with Gasteiger partial charge < -0.3 is 16.0 Å². The number of nitrogens with zero attached hydrogens (tertiary/aromatic N) is 1. The zero-order chi connectivity index (χ0) is 35.2. The maximum absolute atomic E-state index is 13.6. The van der Waals surface area contributed by atoms with Crippen molar-refractivity contribution in [1.29, 1.82) is 0 Å². The fourth-order valence-corrected chi connectivity index (χ4v) is 7.16. The molecule has 7 aromatic rings. The molecule has 0 aliphatic carbocycles. The first kappa shape index (κ1) is 33.5. The number of nitrogens with one attached hydrogen (secondary N) is 3. The fraction of sp³-hybridized carbons (Fsp3) is 0.0476. The van der Waals surface area contributed by atoms with Crippen LogP contribution in [-0.2, 0) is 9.59 Å². The normalized spacial score (nSPS) is 12.0. The number of hydrogen-bond donors (Lipinski definition) is 3. The number of carbonyl (C=O) groups is 3. The van der Waals surface area contributed by atoms with Crippen molar-refractivity contribution in [3.8, 4) is 11.3 Å². The van der Waals surface area contributed by atoms with Gasteiger partial charge in [0.2, 0.25) is 5.91 Å². The van der Waals surface area contributed by atoms with Crippen LogP contribution in [0, 0.1) is 0 Å². The van der Waals surface area contributed by atoms with Crippen molar-refractivity contribution in [3.05, 3.63) is 162 Å². The Labute approximate surface area is 303 Å². The molecule has 7 nitrogen and oxygen atoms in total. The minimum atomic E-state index is -0.466. The van der Waals surface area contributed by atoms with E-state index in [-0.39, 0.29) is 17.5 Å². The van der Waals surface area contributed by atoms with E-state index in [0.29, 0.717) is 16.4 Å². The Morgan fingerprint density at radius 3 is 2.24 bits per heavy atom. The Kier molecular flexibility index (Phi) is 10.0. The Balaban J connectivity index is 1.01. The van der Waals surface area contributed by atoms with Gasteiger partial charge in [0, 0.05) is 27.1 Å². The Morgan fingerprint density at radius 1 is 0.725 bits per heavy atom. The molecule has 250 valence electrons. The summed E-state index contributed by atoms with van der Waals surface area (Å²) < 4.78 is 0. The number of amides is 3. The number of thiazole rings is 1. The average Bonchev–Trinajstić information content (AvgIpc) is 3.64. The first-order valence-corrected chi connectivity index (χ1v) is 18.0. The van der Waals surface area contributed by atoms with Gasteiger partial charge in [-0.2, -0.15) is 0 Å². The third-order valence-electron chi connectivity index (χ3n) is 8.23. The number of benzene rings is 6. The summed E-state index contributed by atoms with van der Waals surface area (Å²) in [4.78, 5) is 45.4. The van der Waals surface area contributed by atoms with Crippen molar-refractivity contribution < 1.29 is 14.4 Å². The molecule has 7 rings (SSSR count). The molecule has 0 fully saturated rings. The number of fused-ring (bicyclic) bond motifs is 2. The van der Waals surface area contributed by atoms with Crippen molar-refractivity contribution in [2.24, 2.45) is 0 Å². The maximum atomic E-state index is 13.6. The zero-order valence-corrected chi connectivity index (χ0v) is 29.1. The molecule has 1 heterocycles. The van der Waals surface area contributed by atoms with Crippen LogP contribution in [0.15, 0.2) is 155 Å². The molecule has 3 N–H and O–H groups in total. The second-order valence-corrected chi connectivity index (χ2v) is 14.0. The number of rotatable bonds is 10. The molecule has 1 aromatic heterocycles. The summed E-state index contributed by atoms with van der Waals surface area (Å²) in [6.45, 7) is 1.84. The van der Waals surface area contributed by atoms with Gasteiger partial charge in [-0.05, 0) is 82.6 Å². The van der Waals surface area contributed by atoms with Gasteiger partial charge in [0.25, 0.3) is 11.8 Å². The maximum Gasteiger partial charge on any atom is 0.272 e. The van der Waals surface area contributed by atoms with Gasteiger partial charge in [-0.25, -0.2) is 4.98 Å². The Bertz CT molecular complexity index is 2400. The number of thioether (sulfide) groups is 1. The lowest BCUT2D eigenvalue weighted by atomic mass is 10.0. The summed E-state index contributed by atoms with van der Waals surface area (Å²) in [5.74, 6) is -1.01. The molecule has 0 saturated heterocycles. The molecule has 1 unspecified atom stereocenters. The van der Waals surface area contributed by atoms with Crippen molar-refractivity contribution in [3.63, 3.8) is 0 Å². The quantitative estimate of drug-likeness (QED) is 0.0973. The van der Waals surface area contributed by atoms with Gasteiger partial charge in [0.15, 0.2) is 5.13 Å². The predicted molar refractivity (Wildman–Crippen MR) is 210 cm³/mol. The molecule has 3 amide bonds. The van der Waals surface area contributed by atoms with Crippen LogP contribution in [0.4, 0.5) is 10.8 Å². The third kappa shape index (κ3) is 8.07. The van der Waals surface area contributed by atoms with E-state index in [9.17, 15) is 14.4 Å². The van der Waals surface area contributed by atoms with E-state index in [2.05, 4.69) is 45.2 Å². The summed E-state index contributed by atoms with van der Waals surface area (Å²) >= 11 is 2.79. The molecular formula is C42H32N4O3S2. The SMILES string of the molecule is CC(Sc1ccc(NC(=O)/C(=C/c2cccc3ccccc23)NC(=O)c2ccccc2)cc1)C(=O)Nc1nc(-c2ccc3ccccc3c2)cs1. The summed E-state index contributed by atoms with van der Waals surface area (Å²) in [6, 6.07) is 44.1. The van der Waals surface area contributed by atoms with E-state index in [1.165, 1.54) is 23.1 Å². The molecule has 0 aliphatic heterocycles. The van der Waals surface area contributed by atoms with Gasteiger partial charge in [-0.15, -0.1) is 23.1 Å². The molecule has 51 heavy (non-hydrogen) atoms. The van der Waals surface area contributed by atoms with Crippen molar-refractivity contribution in [2.45, 2.75) is 17.1 Å². The van der Waals surface area contributed by atoms with Gasteiger partial charge in [0.05, 0.1) is 10.9 Å². The molecule has 0 radical (unpaired) electrons. The number of carbonyl (C=O) groups excluding carboxylic acids is 3. The molecule has 9 heteroatoms. The van der Waals surface area contributed by atoms with E-state index >= 15 is 0 Å². The van der Waals surface area contributed by atoms with Crippen molar-refractivity contribution in [1.82, 2.24) is 10.3 Å². The van der Waals surface area contributed by atoms with Crippen LogP contribution >= 0.6 is 23.1 Å². The van der Waals surface area contributed by atoms with E-state index in [4.69, 9.17) is 0 Å². The van der Waals surface area contributed by atoms with Crippen LogP contribution < -0.4 is 16.0 Å². The lowest BCUT2D eigenvalue weighted by molar-refractivity contribution is -0.115. The molecular weight excluding hydrogens is 673 g/mol. The summed E-state index contributed by atoms with van der Waals surface area (Å²) in [6.07, 6.45) is 1.69. The highest BCUT2D eigenvalue weighted by molar-refractivity contribution is 8.00. The Morgan fingerprint density at radius 2 is 1.43 bits per heavy atom. The molecule has 0 saturated carbocycles. The number of aromatic nitrogens is 1. The average molecular weight is 705 g/mol. The van der Waals surface area contributed by atoms with Crippen molar-refractivity contribution in [2.75, 3.05) is 10.6 Å². The second-order valence-electron chi connectivity index (χ2n) is 11.8. The smallest absolute Gasteiger partial charge is 0.272 e. The van der Waals surface area contributed by atoms with Crippen LogP contribution in [0.5, 0.6) is 0 Å². The minimum Gasteiger partial charge on any atom is -0.321 e. The standard InChI is InChI=1S/C42H32N4O3S2/c1-27(39(47)46-42-45-38(26-50-42)33-19-18-28-10-5-6-14-31(28)24-33)51-35-22-20-34(21-23-35)43-41(49)37(44-40(48)30-12-3-2-4-13-30)25-32-16-9-15-29-11-7-8-17-36(29)32/h2-27H,1H3,(H,43,49)(H,44,48)(H,45,46,47)/b37-25-. The van der Waals surface area contributed by atoms with E-state index in [0.717, 1.165) is 43.3 Å². The van der Waals surface area contributed by atoms with E-state index in [1.807, 2.05) is 91.2 Å². The van der Waals surface area contributed by atoms with E-state index < -0.39 is 11.2 Å².